The molecule has 7 nitrogen and oxygen atoms in total. The number of alkyl halides is 1. The van der Waals surface area contributed by atoms with Gasteiger partial charge in [0.1, 0.15) is 12.3 Å². The normalized spacial score (nSPS) is 15.9. The van der Waals surface area contributed by atoms with Crippen molar-refractivity contribution in [1.29, 1.82) is 0 Å². The molecule has 2 rings (SSSR count). The van der Waals surface area contributed by atoms with Crippen LogP contribution in [0.15, 0.2) is 18.2 Å². The fourth-order valence-corrected chi connectivity index (χ4v) is 2.83. The van der Waals surface area contributed by atoms with Crippen molar-refractivity contribution in [3.05, 3.63) is 23.8 Å². The summed E-state index contributed by atoms with van der Waals surface area (Å²) in [5.74, 6) is -0.117. The number of ether oxygens (including phenoxy) is 1. The zero-order valence-electron chi connectivity index (χ0n) is 16.2. The van der Waals surface area contributed by atoms with E-state index in [1.165, 1.54) is 4.90 Å². The van der Waals surface area contributed by atoms with Gasteiger partial charge in [0.15, 0.2) is 0 Å². The van der Waals surface area contributed by atoms with Crippen LogP contribution in [0.1, 0.15) is 33.3 Å². The Labute approximate surface area is 158 Å². The number of anilines is 2. The van der Waals surface area contributed by atoms with Crippen molar-refractivity contribution in [2.45, 2.75) is 51.9 Å². The molecule has 27 heavy (non-hydrogen) atoms. The average molecular weight is 381 g/mol. The molecule has 0 saturated heterocycles. The number of aliphatic hydroxyl groups excluding tert-OH is 1. The zero-order chi connectivity index (χ0) is 20.2. The number of alkyl carbamates (subject to hydrolysis) is 1. The predicted molar refractivity (Wildman–Crippen MR) is 102 cm³/mol. The molecule has 2 atom stereocenters. The number of fused-ring (bicyclic) bond motifs is 1. The zero-order valence-corrected chi connectivity index (χ0v) is 16.2. The van der Waals surface area contributed by atoms with Crippen LogP contribution in [-0.2, 0) is 16.0 Å². The van der Waals surface area contributed by atoms with Crippen LogP contribution in [0, 0.1) is 0 Å². The van der Waals surface area contributed by atoms with Crippen molar-refractivity contribution >= 4 is 23.4 Å². The molecule has 1 unspecified atom stereocenters. The van der Waals surface area contributed by atoms with Crippen LogP contribution in [0.25, 0.3) is 0 Å². The van der Waals surface area contributed by atoms with Gasteiger partial charge in [0.05, 0.1) is 18.6 Å². The van der Waals surface area contributed by atoms with Gasteiger partial charge < -0.3 is 25.4 Å². The minimum Gasteiger partial charge on any atom is -0.444 e. The van der Waals surface area contributed by atoms with Crippen LogP contribution in [0.2, 0.25) is 0 Å². The van der Waals surface area contributed by atoms with E-state index in [4.69, 9.17) is 4.74 Å². The highest BCUT2D eigenvalue weighted by molar-refractivity contribution is 6.02. The monoisotopic (exact) mass is 381 g/mol. The Kier molecular flexibility index (Phi) is 6.64. The second-order valence-corrected chi connectivity index (χ2v) is 7.70. The van der Waals surface area contributed by atoms with Gasteiger partial charge in [0, 0.05) is 24.5 Å². The first-order valence-electron chi connectivity index (χ1n) is 9.00. The minimum atomic E-state index is -0.810. The first-order chi connectivity index (χ1) is 12.6. The second-order valence-electron chi connectivity index (χ2n) is 7.70. The number of halogens is 1. The Morgan fingerprint density at radius 1 is 1.37 bits per heavy atom. The molecule has 0 radical (unpaired) electrons. The van der Waals surface area contributed by atoms with Gasteiger partial charge in [-0.25, -0.2) is 9.18 Å². The summed E-state index contributed by atoms with van der Waals surface area (Å²) < 4.78 is 18.0. The van der Waals surface area contributed by atoms with Gasteiger partial charge in [-0.1, -0.05) is 0 Å². The smallest absolute Gasteiger partial charge is 0.407 e. The molecule has 8 heteroatoms. The van der Waals surface area contributed by atoms with Gasteiger partial charge in [0.25, 0.3) is 0 Å². The molecule has 1 aliphatic heterocycles. The Morgan fingerprint density at radius 3 is 2.70 bits per heavy atom. The Balaban J connectivity index is 1.86. The van der Waals surface area contributed by atoms with Gasteiger partial charge in [-0.3, -0.25) is 4.79 Å². The summed E-state index contributed by atoms with van der Waals surface area (Å²) in [6, 6.07) is 4.90. The average Bonchev–Trinajstić information content (AvgIpc) is 2.90. The van der Waals surface area contributed by atoms with E-state index in [2.05, 4.69) is 10.6 Å². The summed E-state index contributed by atoms with van der Waals surface area (Å²) in [5.41, 5.74) is 1.70. The van der Waals surface area contributed by atoms with E-state index in [9.17, 15) is 19.1 Å². The lowest BCUT2D eigenvalue weighted by atomic mass is 10.1. The molecule has 0 aliphatic carbocycles. The van der Waals surface area contributed by atoms with Crippen molar-refractivity contribution in [3.8, 4) is 0 Å². The molecule has 0 bridgehead atoms. The third kappa shape index (κ3) is 5.82. The number of amides is 2. The first-order valence-corrected chi connectivity index (χ1v) is 9.00. The largest absolute Gasteiger partial charge is 0.444 e. The summed E-state index contributed by atoms with van der Waals surface area (Å²) in [6.45, 7) is 6.63. The third-order valence-electron chi connectivity index (χ3n) is 4.04. The van der Waals surface area contributed by atoms with E-state index >= 15 is 0 Å². The fourth-order valence-electron chi connectivity index (χ4n) is 2.83. The van der Waals surface area contributed by atoms with Crippen LogP contribution in [-0.4, -0.2) is 54.6 Å². The highest BCUT2D eigenvalue weighted by Crippen LogP contribution is 2.32. The minimum absolute atomic E-state index is 0.0487. The number of nitrogens with zero attached hydrogens (tertiary/aromatic N) is 1. The van der Waals surface area contributed by atoms with Crippen LogP contribution < -0.4 is 15.5 Å². The highest BCUT2D eigenvalue weighted by atomic mass is 19.1. The maximum absolute atomic E-state index is 12.9. The van der Waals surface area contributed by atoms with Crippen molar-refractivity contribution in [3.63, 3.8) is 0 Å². The van der Waals surface area contributed by atoms with E-state index in [1.54, 1.807) is 39.8 Å². The maximum atomic E-state index is 12.9. The molecule has 0 spiro atoms. The lowest BCUT2D eigenvalue weighted by molar-refractivity contribution is -0.117. The van der Waals surface area contributed by atoms with Crippen molar-refractivity contribution in [2.24, 2.45) is 0 Å². The topological polar surface area (TPSA) is 90.9 Å². The third-order valence-corrected chi connectivity index (χ3v) is 4.04. The molecule has 1 heterocycles. The van der Waals surface area contributed by atoms with Gasteiger partial charge in [-0.2, -0.15) is 0 Å². The number of rotatable bonds is 7. The molecule has 0 saturated carbocycles. The van der Waals surface area contributed by atoms with Crippen molar-refractivity contribution < 1.29 is 23.8 Å². The van der Waals surface area contributed by atoms with E-state index in [1.807, 2.05) is 6.07 Å². The van der Waals surface area contributed by atoms with Crippen LogP contribution in [0.5, 0.6) is 0 Å². The standard InChI is InChI=1S/C19H28FN3O4/c1-12(9-20)23-16-6-5-14(7-13(16)8-17(23)25)21-10-15(24)11-22-18(26)27-19(2,3)4/h5-7,12,15,21,24H,8-11H2,1-4H3,(H,22,26)/t12?,15-/m1/s1. The molecule has 1 aromatic rings. The highest BCUT2D eigenvalue weighted by Gasteiger charge is 2.31. The van der Waals surface area contributed by atoms with Crippen LogP contribution >= 0.6 is 0 Å². The molecule has 150 valence electrons. The predicted octanol–water partition coefficient (Wildman–Crippen LogP) is 2.23. The van der Waals surface area contributed by atoms with E-state index < -0.39 is 30.5 Å². The van der Waals surface area contributed by atoms with E-state index in [0.717, 1.165) is 16.9 Å². The molecule has 3 N–H and O–H groups in total. The summed E-state index contributed by atoms with van der Waals surface area (Å²) in [7, 11) is 0. The molecule has 1 aliphatic rings. The van der Waals surface area contributed by atoms with Crippen LogP contribution in [0.4, 0.5) is 20.6 Å². The van der Waals surface area contributed by atoms with E-state index in [0.29, 0.717) is 0 Å². The number of hydrogen-bond acceptors (Lipinski definition) is 5. The summed E-state index contributed by atoms with van der Waals surface area (Å²) in [5, 5.41) is 15.6. The second kappa shape index (κ2) is 8.56. The lowest BCUT2D eigenvalue weighted by Crippen LogP contribution is -2.39. The van der Waals surface area contributed by atoms with E-state index in [-0.39, 0.29) is 25.4 Å². The van der Waals surface area contributed by atoms with Gasteiger partial charge in [0.2, 0.25) is 5.91 Å². The number of carbonyl (C=O) groups is 2. The Hall–Kier alpha value is -2.35. The van der Waals surface area contributed by atoms with Crippen molar-refractivity contribution in [2.75, 3.05) is 30.0 Å². The Bertz CT molecular complexity index is 690. The quantitative estimate of drug-likeness (QED) is 0.674. The van der Waals surface area contributed by atoms with Gasteiger partial charge >= 0.3 is 6.09 Å². The number of carbonyl (C=O) groups excluding carboxylic acids is 2. The molecule has 2 amide bonds. The van der Waals surface area contributed by atoms with Gasteiger partial charge in [-0.15, -0.1) is 0 Å². The molecular weight excluding hydrogens is 353 g/mol. The summed E-state index contributed by atoms with van der Waals surface area (Å²) in [4.78, 5) is 25.2. The summed E-state index contributed by atoms with van der Waals surface area (Å²) >= 11 is 0. The SMILES string of the molecule is CC(CF)N1C(=O)Cc2cc(NC[C@@H](O)CNC(=O)OC(C)(C)C)ccc21. The number of benzene rings is 1. The molecule has 1 aromatic carbocycles. The Morgan fingerprint density at radius 2 is 2.07 bits per heavy atom. The van der Waals surface area contributed by atoms with Gasteiger partial charge in [-0.05, 0) is 51.5 Å². The fraction of sp³-hybridized carbons (Fsp3) is 0.579. The summed E-state index contributed by atoms with van der Waals surface area (Å²) in [6.07, 6.45) is -1.16. The number of nitrogens with one attached hydrogen (secondary N) is 2. The molecular formula is C19H28FN3O4. The lowest BCUT2D eigenvalue weighted by Gasteiger charge is -2.23. The van der Waals surface area contributed by atoms with Crippen LogP contribution in [0.3, 0.4) is 0 Å². The number of aliphatic hydroxyl groups is 1. The first kappa shape index (κ1) is 21.0. The maximum Gasteiger partial charge on any atom is 0.407 e. The van der Waals surface area contributed by atoms with Crippen molar-refractivity contribution in [1.82, 2.24) is 5.32 Å². The molecule has 0 fully saturated rings. The number of hydrogen-bond donors (Lipinski definition) is 3. The molecule has 0 aromatic heterocycles.